The average Bonchev–Trinajstić information content (AvgIpc) is 2.68. The minimum atomic E-state index is -0.513. The number of halogens is 1. The van der Waals surface area contributed by atoms with Crippen molar-refractivity contribution in [2.75, 3.05) is 18.9 Å². The standard InChI is InChI=1S/C21H18BrN5O/c1-25-8-7-17(21(24)28)13-5-6-19-18(9-13)20(14(11-23)12-26-19)27-16-4-2-3-15(22)10-16/h2-7,9-10,12,25H,8H2,1H3,(H2,24,28)(H,26,27). The number of nitrogens with zero attached hydrogens (tertiary/aromatic N) is 2. The Hall–Kier alpha value is -3.21. The van der Waals surface area contributed by atoms with Crippen molar-refractivity contribution in [3.8, 4) is 6.07 Å². The van der Waals surface area contributed by atoms with Crippen LogP contribution in [-0.2, 0) is 4.79 Å². The van der Waals surface area contributed by atoms with Gasteiger partial charge in [-0.05, 0) is 42.9 Å². The van der Waals surface area contributed by atoms with Crippen molar-refractivity contribution in [1.29, 1.82) is 5.26 Å². The first-order chi connectivity index (χ1) is 13.5. The molecule has 0 saturated heterocycles. The number of carbonyl (C=O) groups is 1. The van der Waals surface area contributed by atoms with Crippen molar-refractivity contribution in [2.45, 2.75) is 0 Å². The average molecular weight is 436 g/mol. The lowest BCUT2D eigenvalue weighted by atomic mass is 10.0. The molecule has 0 fully saturated rings. The fourth-order valence-electron chi connectivity index (χ4n) is 2.85. The zero-order chi connectivity index (χ0) is 20.1. The Morgan fingerprint density at radius 3 is 2.82 bits per heavy atom. The molecule has 0 aliphatic carbocycles. The molecule has 0 radical (unpaired) electrons. The second kappa shape index (κ2) is 8.65. The number of rotatable bonds is 6. The fourth-order valence-corrected chi connectivity index (χ4v) is 3.25. The van der Waals surface area contributed by atoms with E-state index in [2.05, 4.69) is 37.6 Å². The lowest BCUT2D eigenvalue weighted by Gasteiger charge is -2.13. The molecule has 2 aromatic carbocycles. The van der Waals surface area contributed by atoms with Crippen LogP contribution in [0.1, 0.15) is 11.1 Å². The number of benzene rings is 2. The number of fused-ring (bicyclic) bond motifs is 1. The van der Waals surface area contributed by atoms with Crippen molar-refractivity contribution in [1.82, 2.24) is 10.3 Å². The maximum Gasteiger partial charge on any atom is 0.249 e. The van der Waals surface area contributed by atoms with E-state index in [4.69, 9.17) is 5.73 Å². The van der Waals surface area contributed by atoms with Gasteiger partial charge in [0.25, 0.3) is 0 Å². The van der Waals surface area contributed by atoms with Crippen molar-refractivity contribution in [2.24, 2.45) is 5.73 Å². The largest absolute Gasteiger partial charge is 0.366 e. The smallest absolute Gasteiger partial charge is 0.249 e. The first-order valence-electron chi connectivity index (χ1n) is 8.54. The van der Waals surface area contributed by atoms with Crippen LogP contribution in [0.2, 0.25) is 0 Å². The zero-order valence-electron chi connectivity index (χ0n) is 15.2. The number of amides is 1. The van der Waals surface area contributed by atoms with Crippen LogP contribution in [0.4, 0.5) is 11.4 Å². The monoisotopic (exact) mass is 435 g/mol. The number of nitrogens with one attached hydrogen (secondary N) is 2. The second-order valence-electron chi connectivity index (χ2n) is 6.07. The van der Waals surface area contributed by atoms with Gasteiger partial charge in [0.2, 0.25) is 5.91 Å². The van der Waals surface area contributed by atoms with Gasteiger partial charge in [0.05, 0.1) is 16.8 Å². The van der Waals surface area contributed by atoms with Crippen molar-refractivity contribution in [3.05, 3.63) is 70.3 Å². The molecule has 0 spiro atoms. The van der Waals surface area contributed by atoms with Gasteiger partial charge in [-0.15, -0.1) is 0 Å². The van der Waals surface area contributed by atoms with Crippen LogP contribution in [0.3, 0.4) is 0 Å². The Labute approximate surface area is 171 Å². The summed E-state index contributed by atoms with van der Waals surface area (Å²) in [6.07, 6.45) is 3.28. The SMILES string of the molecule is CNCC=C(C(N)=O)c1ccc2ncc(C#N)c(Nc3cccc(Br)c3)c2c1. The molecule has 0 aliphatic heterocycles. The number of anilines is 2. The van der Waals surface area contributed by atoms with Crippen LogP contribution in [0.15, 0.2) is 59.2 Å². The molecule has 0 aliphatic rings. The van der Waals surface area contributed by atoms with Gasteiger partial charge in [0, 0.05) is 33.9 Å². The van der Waals surface area contributed by atoms with Crippen LogP contribution in [-0.4, -0.2) is 24.5 Å². The molecule has 0 saturated carbocycles. The van der Waals surface area contributed by atoms with Crippen LogP contribution >= 0.6 is 15.9 Å². The van der Waals surface area contributed by atoms with Crippen LogP contribution in [0, 0.1) is 11.3 Å². The van der Waals surface area contributed by atoms with Gasteiger partial charge in [-0.3, -0.25) is 9.78 Å². The number of aromatic nitrogens is 1. The third-order valence-corrected chi connectivity index (χ3v) is 4.66. The Bertz CT molecular complexity index is 1120. The molecule has 7 heteroatoms. The van der Waals surface area contributed by atoms with Crippen molar-refractivity contribution in [3.63, 3.8) is 0 Å². The van der Waals surface area contributed by atoms with Gasteiger partial charge in [-0.2, -0.15) is 5.26 Å². The summed E-state index contributed by atoms with van der Waals surface area (Å²) in [5.74, 6) is -0.513. The van der Waals surface area contributed by atoms with E-state index in [0.717, 1.165) is 15.5 Å². The van der Waals surface area contributed by atoms with E-state index in [1.807, 2.05) is 36.4 Å². The minimum absolute atomic E-state index is 0.407. The molecule has 1 aromatic heterocycles. The number of hydrogen-bond donors (Lipinski definition) is 3. The molecular weight excluding hydrogens is 418 g/mol. The van der Waals surface area contributed by atoms with E-state index in [1.165, 1.54) is 6.20 Å². The Morgan fingerprint density at radius 1 is 1.32 bits per heavy atom. The second-order valence-corrected chi connectivity index (χ2v) is 6.98. The Morgan fingerprint density at radius 2 is 2.14 bits per heavy atom. The van der Waals surface area contributed by atoms with E-state index >= 15 is 0 Å². The van der Waals surface area contributed by atoms with E-state index in [9.17, 15) is 10.1 Å². The van der Waals surface area contributed by atoms with Gasteiger partial charge in [-0.25, -0.2) is 0 Å². The summed E-state index contributed by atoms with van der Waals surface area (Å²) in [4.78, 5) is 16.3. The number of pyridine rings is 1. The Kier molecular flexibility index (Phi) is 6.04. The van der Waals surface area contributed by atoms with E-state index in [1.54, 1.807) is 19.2 Å². The molecule has 4 N–H and O–H groups in total. The summed E-state index contributed by atoms with van der Waals surface area (Å²) >= 11 is 3.45. The third-order valence-electron chi connectivity index (χ3n) is 4.17. The third kappa shape index (κ3) is 4.19. The highest BCUT2D eigenvalue weighted by Gasteiger charge is 2.14. The summed E-state index contributed by atoms with van der Waals surface area (Å²) < 4.78 is 0.918. The van der Waals surface area contributed by atoms with Crippen molar-refractivity contribution >= 4 is 49.7 Å². The summed E-state index contributed by atoms with van der Waals surface area (Å²) in [5, 5.41) is 16.6. The quantitative estimate of drug-likeness (QED) is 0.512. The topological polar surface area (TPSA) is 104 Å². The molecule has 0 atom stereocenters. The first kappa shape index (κ1) is 19.5. The number of primary amides is 1. The predicted octanol–water partition coefficient (Wildman–Crippen LogP) is 3.70. The molecule has 1 amide bonds. The maximum absolute atomic E-state index is 11.9. The number of nitrogens with two attached hydrogens (primary N) is 1. The summed E-state index contributed by atoms with van der Waals surface area (Å²) in [7, 11) is 1.79. The lowest BCUT2D eigenvalue weighted by Crippen LogP contribution is -2.15. The highest BCUT2D eigenvalue weighted by Crippen LogP contribution is 2.31. The summed E-state index contributed by atoms with van der Waals surface area (Å²) in [6.45, 7) is 0.510. The molecule has 1 heterocycles. The number of likely N-dealkylation sites (N-methyl/N-ethyl adjacent to an activating group) is 1. The van der Waals surface area contributed by atoms with E-state index < -0.39 is 5.91 Å². The van der Waals surface area contributed by atoms with Gasteiger partial charge in [0.1, 0.15) is 6.07 Å². The predicted molar refractivity (Wildman–Crippen MR) is 115 cm³/mol. The number of hydrogen-bond acceptors (Lipinski definition) is 5. The van der Waals surface area contributed by atoms with Crippen LogP contribution in [0.5, 0.6) is 0 Å². The van der Waals surface area contributed by atoms with E-state index in [0.29, 0.717) is 34.4 Å². The number of nitriles is 1. The van der Waals surface area contributed by atoms with Gasteiger partial charge >= 0.3 is 0 Å². The summed E-state index contributed by atoms with van der Waals surface area (Å²) in [5.41, 5.74) is 9.21. The van der Waals surface area contributed by atoms with Gasteiger partial charge in [-0.1, -0.05) is 34.1 Å². The molecule has 3 rings (SSSR count). The zero-order valence-corrected chi connectivity index (χ0v) is 16.7. The Balaban J connectivity index is 2.18. The molecule has 140 valence electrons. The molecule has 0 bridgehead atoms. The van der Waals surface area contributed by atoms with Crippen LogP contribution in [0.25, 0.3) is 16.5 Å². The molecule has 3 aromatic rings. The van der Waals surface area contributed by atoms with Crippen molar-refractivity contribution < 1.29 is 4.79 Å². The minimum Gasteiger partial charge on any atom is -0.366 e. The number of carbonyl (C=O) groups excluding carboxylic acids is 1. The fraction of sp³-hybridized carbons (Fsp3) is 0.0952. The molecule has 6 nitrogen and oxygen atoms in total. The highest BCUT2D eigenvalue weighted by atomic mass is 79.9. The highest BCUT2D eigenvalue weighted by molar-refractivity contribution is 9.10. The molecule has 28 heavy (non-hydrogen) atoms. The van der Waals surface area contributed by atoms with E-state index in [-0.39, 0.29) is 0 Å². The van der Waals surface area contributed by atoms with Gasteiger partial charge < -0.3 is 16.4 Å². The molecule has 0 unspecified atom stereocenters. The summed E-state index contributed by atoms with van der Waals surface area (Å²) in [6, 6.07) is 15.3. The van der Waals surface area contributed by atoms with Gasteiger partial charge in [0.15, 0.2) is 0 Å². The maximum atomic E-state index is 11.9. The lowest BCUT2D eigenvalue weighted by molar-refractivity contribution is -0.112. The molecular formula is C21H18BrN5O. The first-order valence-corrected chi connectivity index (χ1v) is 9.33. The van der Waals surface area contributed by atoms with Crippen LogP contribution < -0.4 is 16.4 Å². The normalized spacial score (nSPS) is 11.2.